The number of nitrogens with zero attached hydrogens (tertiary/aromatic N) is 2. The van der Waals surface area contributed by atoms with E-state index in [-0.39, 0.29) is 5.91 Å². The van der Waals surface area contributed by atoms with E-state index in [1.165, 1.54) is 11.1 Å². The van der Waals surface area contributed by atoms with Crippen LogP contribution in [0.25, 0.3) is 5.69 Å². The van der Waals surface area contributed by atoms with Crippen molar-refractivity contribution in [3.05, 3.63) is 75.5 Å². The summed E-state index contributed by atoms with van der Waals surface area (Å²) in [5.41, 5.74) is 8.46. The molecule has 0 aliphatic carbocycles. The number of benzene rings is 2. The molecule has 3 aromatic rings. The number of hydrogen-bond acceptors (Lipinski definition) is 3. The lowest BCUT2D eigenvalue weighted by atomic mass is 10.1. The number of amides is 1. The smallest absolute Gasteiger partial charge is 0.256 e. The number of nitrogens with one attached hydrogen (secondary N) is 1. The summed E-state index contributed by atoms with van der Waals surface area (Å²) in [6.07, 6.45) is 0. The summed E-state index contributed by atoms with van der Waals surface area (Å²) in [7, 11) is 0. The number of aromatic nitrogens is 2. The predicted octanol–water partition coefficient (Wildman–Crippen LogP) is 5.11. The fourth-order valence-electron chi connectivity index (χ4n) is 3.57. The van der Waals surface area contributed by atoms with Crippen molar-refractivity contribution in [2.24, 2.45) is 0 Å². The van der Waals surface area contributed by atoms with E-state index in [0.717, 1.165) is 45.4 Å². The van der Waals surface area contributed by atoms with Crippen molar-refractivity contribution in [1.29, 1.82) is 0 Å². The number of hydrogen-bond donors (Lipinski definition) is 1. The molecule has 4 rings (SSSR count). The minimum absolute atomic E-state index is 0.0899. The Morgan fingerprint density at radius 2 is 1.81 bits per heavy atom. The van der Waals surface area contributed by atoms with Crippen LogP contribution in [0.1, 0.15) is 43.9 Å². The second-order valence-corrected chi connectivity index (χ2v) is 8.21. The lowest BCUT2D eigenvalue weighted by Gasteiger charge is -2.14. The van der Waals surface area contributed by atoms with Crippen LogP contribution in [0.3, 0.4) is 0 Å². The van der Waals surface area contributed by atoms with Gasteiger partial charge in [-0.15, -0.1) is 0 Å². The van der Waals surface area contributed by atoms with Crippen molar-refractivity contribution >= 4 is 23.5 Å². The highest BCUT2D eigenvalue weighted by Gasteiger charge is 2.25. The normalized spacial score (nSPS) is 12.9. The van der Waals surface area contributed by atoms with Gasteiger partial charge < -0.3 is 5.32 Å². The van der Waals surface area contributed by atoms with Gasteiger partial charge in [-0.25, -0.2) is 4.68 Å². The average molecular weight is 378 g/mol. The van der Waals surface area contributed by atoms with Gasteiger partial charge in [-0.05, 0) is 57.0 Å². The van der Waals surface area contributed by atoms with Crippen molar-refractivity contribution in [2.75, 3.05) is 5.32 Å². The lowest BCUT2D eigenvalue weighted by Crippen LogP contribution is -2.17. The fraction of sp³-hybridized carbons (Fsp3) is 0.273. The molecule has 0 saturated carbocycles. The van der Waals surface area contributed by atoms with Gasteiger partial charge in [0, 0.05) is 22.6 Å². The van der Waals surface area contributed by atoms with Gasteiger partial charge in [0.15, 0.2) is 0 Å². The summed E-state index contributed by atoms with van der Waals surface area (Å²) < 4.78 is 1.91. The van der Waals surface area contributed by atoms with Gasteiger partial charge in [0.05, 0.1) is 11.4 Å². The molecule has 1 amide bonds. The first kappa shape index (κ1) is 17.9. The molecule has 0 fully saturated rings. The molecule has 1 aliphatic heterocycles. The summed E-state index contributed by atoms with van der Waals surface area (Å²) in [4.78, 5) is 13.0. The lowest BCUT2D eigenvalue weighted by molar-refractivity contribution is 0.102. The quantitative estimate of drug-likeness (QED) is 0.690. The Labute approximate surface area is 164 Å². The highest BCUT2D eigenvalue weighted by Crippen LogP contribution is 2.37. The zero-order chi connectivity index (χ0) is 19.1. The molecule has 5 heteroatoms. The van der Waals surface area contributed by atoms with E-state index in [9.17, 15) is 4.79 Å². The molecule has 0 bridgehead atoms. The molecule has 2 aromatic carbocycles. The van der Waals surface area contributed by atoms with E-state index in [2.05, 4.69) is 37.4 Å². The Morgan fingerprint density at radius 3 is 2.56 bits per heavy atom. The van der Waals surface area contributed by atoms with E-state index < -0.39 is 0 Å². The number of anilines is 1. The van der Waals surface area contributed by atoms with Crippen LogP contribution in [0.2, 0.25) is 0 Å². The molecule has 1 aromatic heterocycles. The van der Waals surface area contributed by atoms with Crippen molar-refractivity contribution in [2.45, 2.75) is 39.2 Å². The number of carbonyl (C=O) groups is 1. The Balaban J connectivity index is 1.78. The molecule has 1 aliphatic rings. The van der Waals surface area contributed by atoms with E-state index in [1.54, 1.807) is 0 Å². The second-order valence-electron chi connectivity index (χ2n) is 7.23. The highest BCUT2D eigenvalue weighted by molar-refractivity contribution is 7.98. The van der Waals surface area contributed by atoms with Crippen molar-refractivity contribution in [3.63, 3.8) is 0 Å². The van der Waals surface area contributed by atoms with Gasteiger partial charge in [0.1, 0.15) is 5.82 Å². The van der Waals surface area contributed by atoms with E-state index in [1.807, 2.05) is 48.5 Å². The summed E-state index contributed by atoms with van der Waals surface area (Å²) >= 11 is 1.84. The van der Waals surface area contributed by atoms with Crippen LogP contribution >= 0.6 is 11.8 Å². The molecule has 138 valence electrons. The topological polar surface area (TPSA) is 46.9 Å². The molecule has 0 unspecified atom stereocenters. The van der Waals surface area contributed by atoms with Gasteiger partial charge in [-0.2, -0.15) is 16.9 Å². The molecule has 1 N–H and O–H groups in total. The Bertz CT molecular complexity index is 1030. The predicted molar refractivity (Wildman–Crippen MR) is 112 cm³/mol. The Hall–Kier alpha value is -2.53. The first-order valence-corrected chi connectivity index (χ1v) is 10.2. The zero-order valence-corrected chi connectivity index (χ0v) is 16.9. The first-order valence-electron chi connectivity index (χ1n) is 9.09. The van der Waals surface area contributed by atoms with Gasteiger partial charge in [0.2, 0.25) is 0 Å². The number of fused-ring (bicyclic) bond motifs is 1. The highest BCUT2D eigenvalue weighted by atomic mass is 32.2. The molecule has 0 radical (unpaired) electrons. The molecular weight excluding hydrogens is 354 g/mol. The van der Waals surface area contributed by atoms with Gasteiger partial charge >= 0.3 is 0 Å². The average Bonchev–Trinajstić information content (AvgIpc) is 3.19. The van der Waals surface area contributed by atoms with E-state index >= 15 is 0 Å². The number of aryl methyl sites for hydroxylation is 3. The van der Waals surface area contributed by atoms with Crippen LogP contribution in [-0.2, 0) is 11.5 Å². The summed E-state index contributed by atoms with van der Waals surface area (Å²) in [6.45, 7) is 8.22. The van der Waals surface area contributed by atoms with E-state index in [0.29, 0.717) is 5.56 Å². The third-order valence-electron chi connectivity index (χ3n) is 5.07. The Kier molecular flexibility index (Phi) is 4.56. The maximum atomic E-state index is 13.0. The molecule has 2 heterocycles. The largest absolute Gasteiger partial charge is 0.306 e. The molecule has 4 nitrogen and oxygen atoms in total. The number of carbonyl (C=O) groups excluding carboxylic acids is 1. The van der Waals surface area contributed by atoms with Crippen LogP contribution < -0.4 is 5.32 Å². The molecule has 0 spiro atoms. The molecular formula is C22H23N3OS. The number of thioether (sulfide) groups is 1. The van der Waals surface area contributed by atoms with Crippen LogP contribution in [-0.4, -0.2) is 15.7 Å². The van der Waals surface area contributed by atoms with Gasteiger partial charge in [-0.3, -0.25) is 4.79 Å². The Morgan fingerprint density at radius 1 is 1.07 bits per heavy atom. The minimum atomic E-state index is -0.0899. The van der Waals surface area contributed by atoms with Crippen molar-refractivity contribution in [3.8, 4) is 5.69 Å². The third-order valence-corrected chi connectivity index (χ3v) is 6.04. The van der Waals surface area contributed by atoms with Crippen LogP contribution in [0.15, 0.2) is 36.4 Å². The van der Waals surface area contributed by atoms with Crippen molar-refractivity contribution in [1.82, 2.24) is 9.78 Å². The van der Waals surface area contributed by atoms with E-state index in [4.69, 9.17) is 5.10 Å². The second kappa shape index (κ2) is 6.89. The standard InChI is InChI=1S/C22H23N3OS/c1-13-8-14(2)10-17(9-13)22(26)23-21-18-11-27-12-19(18)24-25(21)20-7-5-6-15(3)16(20)4/h5-10H,11-12H2,1-4H3,(H,23,26). The fourth-order valence-corrected chi connectivity index (χ4v) is 4.60. The van der Waals surface area contributed by atoms with Gasteiger partial charge in [-0.1, -0.05) is 29.3 Å². The van der Waals surface area contributed by atoms with Crippen LogP contribution in [0.4, 0.5) is 5.82 Å². The maximum absolute atomic E-state index is 13.0. The monoisotopic (exact) mass is 377 g/mol. The molecule has 0 atom stereocenters. The molecule has 0 saturated heterocycles. The molecule has 27 heavy (non-hydrogen) atoms. The zero-order valence-electron chi connectivity index (χ0n) is 16.1. The van der Waals surface area contributed by atoms with Crippen LogP contribution in [0, 0.1) is 27.7 Å². The first-order chi connectivity index (χ1) is 12.9. The summed E-state index contributed by atoms with van der Waals surface area (Å²) in [6, 6.07) is 12.1. The SMILES string of the molecule is Cc1cc(C)cc(C(=O)Nc2c3c(nn2-c2cccc(C)c2C)CSC3)c1. The summed E-state index contributed by atoms with van der Waals surface area (Å²) in [5.74, 6) is 2.48. The van der Waals surface area contributed by atoms with Crippen LogP contribution in [0.5, 0.6) is 0 Å². The maximum Gasteiger partial charge on any atom is 0.256 e. The van der Waals surface area contributed by atoms with Gasteiger partial charge in [0.25, 0.3) is 5.91 Å². The third kappa shape index (κ3) is 3.28. The van der Waals surface area contributed by atoms with Crippen molar-refractivity contribution < 1.29 is 4.79 Å². The summed E-state index contributed by atoms with van der Waals surface area (Å²) in [5, 5.41) is 7.98. The number of rotatable bonds is 3. The minimum Gasteiger partial charge on any atom is -0.306 e.